The van der Waals surface area contributed by atoms with E-state index in [0.29, 0.717) is 19.5 Å². The lowest BCUT2D eigenvalue weighted by molar-refractivity contribution is -0.143. The second-order valence-electron chi connectivity index (χ2n) is 8.24. The molecule has 0 saturated carbocycles. The number of unbranched alkanes of at least 4 members (excludes halogenated alkanes) is 1. The predicted octanol–water partition coefficient (Wildman–Crippen LogP) is 5.95. The van der Waals surface area contributed by atoms with Gasteiger partial charge in [-0.2, -0.15) is 0 Å². The van der Waals surface area contributed by atoms with Gasteiger partial charge in [0.2, 0.25) is 5.91 Å². The van der Waals surface area contributed by atoms with Crippen LogP contribution in [0.3, 0.4) is 0 Å². The maximum atomic E-state index is 13.7. The average molecular weight is 548 g/mol. The number of rotatable bonds is 14. The monoisotopic (exact) mass is 547 g/mol. The molecule has 0 aliphatic carbocycles. The Morgan fingerprint density at radius 1 is 0.917 bits per heavy atom. The molecule has 3 amide bonds. The summed E-state index contributed by atoms with van der Waals surface area (Å²) in [4.78, 5) is 43.8. The molecule has 10 heteroatoms. The zero-order valence-electron chi connectivity index (χ0n) is 20.6. The van der Waals surface area contributed by atoms with Gasteiger partial charge in [-0.15, -0.1) is 34.0 Å². The van der Waals surface area contributed by atoms with E-state index in [4.69, 9.17) is 4.74 Å². The van der Waals surface area contributed by atoms with Gasteiger partial charge >= 0.3 is 12.0 Å². The molecule has 0 aliphatic rings. The third kappa shape index (κ3) is 8.76. The Morgan fingerprint density at radius 3 is 2.08 bits per heavy atom. The van der Waals surface area contributed by atoms with Crippen LogP contribution in [0.25, 0.3) is 0 Å². The van der Waals surface area contributed by atoms with Crippen molar-refractivity contribution in [2.24, 2.45) is 0 Å². The number of amides is 3. The van der Waals surface area contributed by atoms with Crippen LogP contribution in [-0.4, -0.2) is 35.5 Å². The number of carbonyl (C=O) groups excluding carboxylic acids is 3. The van der Waals surface area contributed by atoms with Crippen molar-refractivity contribution in [1.29, 1.82) is 0 Å². The molecule has 3 aromatic rings. The molecular weight excluding hydrogens is 515 g/mol. The molecule has 0 fully saturated rings. The number of ether oxygens (including phenoxy) is 1. The standard InChI is InChI=1S/C26H33N3O4S3/c1-3-5-11-21(25(31)29(17-19-9-6-13-34-19)18-20-10-7-14-35-20)27-26(32)28-22(16-24(30)33-4-2)23-12-8-15-36-23/h6-10,12-15,21-22H,3-5,11,16-18H2,1-2H3,(H2,27,28,32)/t21-,22-/m0/s1. The molecule has 0 aliphatic heterocycles. The van der Waals surface area contributed by atoms with Gasteiger partial charge in [-0.3, -0.25) is 9.59 Å². The summed E-state index contributed by atoms with van der Waals surface area (Å²) >= 11 is 4.67. The fraction of sp³-hybridized carbons (Fsp3) is 0.423. The van der Waals surface area contributed by atoms with Gasteiger partial charge in [-0.05, 0) is 47.7 Å². The van der Waals surface area contributed by atoms with Crippen LogP contribution >= 0.6 is 34.0 Å². The van der Waals surface area contributed by atoms with E-state index in [1.807, 2.05) is 57.4 Å². The Morgan fingerprint density at radius 2 is 1.56 bits per heavy atom. The maximum Gasteiger partial charge on any atom is 0.315 e. The summed E-state index contributed by atoms with van der Waals surface area (Å²) in [6.07, 6.45) is 2.28. The van der Waals surface area contributed by atoms with Crippen molar-refractivity contribution in [2.75, 3.05) is 6.61 Å². The van der Waals surface area contributed by atoms with Crippen LogP contribution in [0.5, 0.6) is 0 Å². The first-order valence-corrected chi connectivity index (χ1v) is 14.7. The van der Waals surface area contributed by atoms with E-state index in [9.17, 15) is 14.4 Å². The highest BCUT2D eigenvalue weighted by molar-refractivity contribution is 7.10. The second-order valence-corrected chi connectivity index (χ2v) is 11.3. The molecule has 3 aromatic heterocycles. The maximum absolute atomic E-state index is 13.7. The topological polar surface area (TPSA) is 87.7 Å². The Balaban J connectivity index is 1.73. The first-order valence-electron chi connectivity index (χ1n) is 12.1. The molecule has 194 valence electrons. The van der Waals surface area contributed by atoms with Gasteiger partial charge in [0.25, 0.3) is 0 Å². The molecule has 0 spiro atoms. The summed E-state index contributed by atoms with van der Waals surface area (Å²) in [6, 6.07) is 10.1. The Hall–Kier alpha value is -2.69. The van der Waals surface area contributed by atoms with Gasteiger partial charge in [0, 0.05) is 14.6 Å². The van der Waals surface area contributed by atoms with Crippen LogP contribution < -0.4 is 10.6 Å². The lowest BCUT2D eigenvalue weighted by Gasteiger charge is -2.28. The largest absolute Gasteiger partial charge is 0.466 e. The van der Waals surface area contributed by atoms with Gasteiger partial charge < -0.3 is 20.3 Å². The van der Waals surface area contributed by atoms with Crippen molar-refractivity contribution in [2.45, 2.75) is 64.7 Å². The second kappa shape index (κ2) is 14.8. The molecule has 3 rings (SSSR count). The lowest BCUT2D eigenvalue weighted by atomic mass is 10.1. The number of hydrogen-bond acceptors (Lipinski definition) is 7. The SMILES string of the molecule is CCCC[C@H](NC(=O)N[C@@H](CC(=O)OCC)c1cccs1)C(=O)N(Cc1cccs1)Cc1cccs1. The normalized spacial score (nSPS) is 12.5. The molecule has 0 radical (unpaired) electrons. The lowest BCUT2D eigenvalue weighted by Crippen LogP contribution is -2.51. The van der Waals surface area contributed by atoms with E-state index < -0.39 is 18.1 Å². The fourth-order valence-corrected chi connectivity index (χ4v) is 5.95. The van der Waals surface area contributed by atoms with Gasteiger partial charge in [-0.1, -0.05) is 38.0 Å². The summed E-state index contributed by atoms with van der Waals surface area (Å²) in [5, 5.41) is 11.7. The molecule has 0 unspecified atom stereocenters. The molecule has 2 atom stereocenters. The Bertz CT molecular complexity index is 1020. The minimum Gasteiger partial charge on any atom is -0.466 e. The van der Waals surface area contributed by atoms with E-state index in [1.54, 1.807) is 29.6 Å². The van der Waals surface area contributed by atoms with E-state index in [2.05, 4.69) is 17.6 Å². The summed E-state index contributed by atoms with van der Waals surface area (Å²) in [7, 11) is 0. The summed E-state index contributed by atoms with van der Waals surface area (Å²) < 4.78 is 5.09. The van der Waals surface area contributed by atoms with Gasteiger partial charge in [-0.25, -0.2) is 4.79 Å². The van der Waals surface area contributed by atoms with Crippen molar-refractivity contribution in [3.05, 3.63) is 67.2 Å². The predicted molar refractivity (Wildman–Crippen MR) is 146 cm³/mol. The van der Waals surface area contributed by atoms with Gasteiger partial charge in [0.15, 0.2) is 0 Å². The number of hydrogen-bond donors (Lipinski definition) is 2. The third-order valence-corrected chi connectivity index (χ3v) is 8.19. The van der Waals surface area contributed by atoms with Crippen molar-refractivity contribution in [1.82, 2.24) is 15.5 Å². The molecule has 0 saturated heterocycles. The number of urea groups is 1. The zero-order valence-corrected chi connectivity index (χ0v) is 23.1. The minimum absolute atomic E-state index is 0.0260. The average Bonchev–Trinajstić information content (AvgIpc) is 3.65. The van der Waals surface area contributed by atoms with Crippen molar-refractivity contribution < 1.29 is 19.1 Å². The highest BCUT2D eigenvalue weighted by atomic mass is 32.1. The number of nitrogens with one attached hydrogen (secondary N) is 2. The highest BCUT2D eigenvalue weighted by Crippen LogP contribution is 2.23. The van der Waals surface area contributed by atoms with E-state index in [-0.39, 0.29) is 24.9 Å². The van der Waals surface area contributed by atoms with E-state index in [1.165, 1.54) is 11.3 Å². The zero-order chi connectivity index (χ0) is 25.8. The molecule has 0 bridgehead atoms. The van der Waals surface area contributed by atoms with Crippen molar-refractivity contribution in [3.63, 3.8) is 0 Å². The van der Waals surface area contributed by atoms with Crippen LogP contribution in [-0.2, 0) is 27.4 Å². The molecule has 7 nitrogen and oxygen atoms in total. The van der Waals surface area contributed by atoms with E-state index in [0.717, 1.165) is 27.5 Å². The molecule has 3 heterocycles. The first kappa shape index (κ1) is 27.9. The molecule has 2 N–H and O–H groups in total. The number of thiophene rings is 3. The van der Waals surface area contributed by atoms with Crippen LogP contribution in [0.4, 0.5) is 4.79 Å². The van der Waals surface area contributed by atoms with Gasteiger partial charge in [0.05, 0.1) is 32.2 Å². The first-order chi connectivity index (χ1) is 17.5. The van der Waals surface area contributed by atoms with Crippen molar-refractivity contribution in [3.8, 4) is 0 Å². The Kier molecular flexibility index (Phi) is 11.4. The summed E-state index contributed by atoms with van der Waals surface area (Å²) in [5.74, 6) is -0.494. The fourth-order valence-electron chi connectivity index (χ4n) is 3.74. The molecule has 36 heavy (non-hydrogen) atoms. The van der Waals surface area contributed by atoms with Crippen molar-refractivity contribution >= 4 is 51.9 Å². The highest BCUT2D eigenvalue weighted by Gasteiger charge is 2.28. The van der Waals surface area contributed by atoms with Gasteiger partial charge in [0.1, 0.15) is 6.04 Å². The Labute approximate surface area is 224 Å². The number of nitrogens with zero attached hydrogens (tertiary/aromatic N) is 1. The van der Waals surface area contributed by atoms with Crippen LogP contribution in [0.1, 0.15) is 60.2 Å². The summed E-state index contributed by atoms with van der Waals surface area (Å²) in [5.41, 5.74) is 0. The van der Waals surface area contributed by atoms with Crippen LogP contribution in [0, 0.1) is 0 Å². The van der Waals surface area contributed by atoms with Crippen LogP contribution in [0.2, 0.25) is 0 Å². The molecular formula is C26H33N3O4S3. The summed E-state index contributed by atoms with van der Waals surface area (Å²) in [6.45, 7) is 5.06. The number of esters is 1. The number of carbonyl (C=O) groups is 3. The third-order valence-electron chi connectivity index (χ3n) is 5.48. The van der Waals surface area contributed by atoms with Crippen LogP contribution in [0.15, 0.2) is 52.5 Å². The quantitative estimate of drug-likeness (QED) is 0.244. The molecule has 0 aromatic carbocycles. The van der Waals surface area contributed by atoms with E-state index >= 15 is 0 Å². The minimum atomic E-state index is -0.670. The smallest absolute Gasteiger partial charge is 0.315 e.